The maximum absolute atomic E-state index is 9.65. The van der Waals surface area contributed by atoms with Crippen LogP contribution in [0.25, 0.3) is 66.1 Å². The molecule has 7 heteroatoms. The molecule has 0 amide bonds. The summed E-state index contributed by atoms with van der Waals surface area (Å²) in [5.41, 5.74) is 12.2. The largest absolute Gasteiger partial charge is 0.372 e. The second-order valence-corrected chi connectivity index (χ2v) is 12.2. The Morgan fingerprint density at radius 1 is 0.408 bits per heavy atom. The zero-order chi connectivity index (χ0) is 33.2. The number of nitriles is 4. The number of nitrogens with zero attached hydrogens (tertiary/aromatic N) is 6. The van der Waals surface area contributed by atoms with Crippen LogP contribution in [-0.4, -0.2) is 9.13 Å². The Bertz CT molecular complexity index is 2570. The highest BCUT2D eigenvalue weighted by atomic mass is 16.5. The van der Waals surface area contributed by atoms with Gasteiger partial charge in [-0.1, -0.05) is 12.1 Å². The Morgan fingerprint density at radius 3 is 1.04 bits per heavy atom. The zero-order valence-electron chi connectivity index (χ0n) is 25.9. The number of fused-ring (bicyclic) bond motifs is 9. The topological polar surface area (TPSA) is 114 Å². The van der Waals surface area contributed by atoms with Crippen LogP contribution in [0.3, 0.4) is 0 Å². The van der Waals surface area contributed by atoms with Gasteiger partial charge < -0.3 is 13.9 Å². The van der Waals surface area contributed by atoms with E-state index < -0.39 is 0 Å². The third-order valence-corrected chi connectivity index (χ3v) is 9.56. The average Bonchev–Trinajstić information content (AvgIpc) is 3.58. The molecule has 0 atom stereocenters. The Labute approximate surface area is 280 Å². The van der Waals surface area contributed by atoms with Crippen molar-refractivity contribution >= 4 is 43.6 Å². The molecule has 0 saturated heterocycles. The van der Waals surface area contributed by atoms with Crippen molar-refractivity contribution < 1.29 is 4.74 Å². The quantitative estimate of drug-likeness (QED) is 0.190. The van der Waals surface area contributed by atoms with Gasteiger partial charge in [0.1, 0.15) is 0 Å². The predicted octanol–water partition coefficient (Wildman–Crippen LogP) is 9.06. The summed E-state index contributed by atoms with van der Waals surface area (Å²) >= 11 is 0. The molecule has 0 unspecified atom stereocenters. The first-order chi connectivity index (χ1) is 24.1. The van der Waals surface area contributed by atoms with Crippen LogP contribution >= 0.6 is 0 Å². The molecule has 7 nitrogen and oxygen atoms in total. The molecular weight excluding hydrogens is 605 g/mol. The molecule has 9 rings (SSSR count). The van der Waals surface area contributed by atoms with E-state index in [0.29, 0.717) is 35.5 Å². The molecule has 0 fully saturated rings. The molecule has 0 aliphatic carbocycles. The van der Waals surface area contributed by atoms with Crippen molar-refractivity contribution in [2.24, 2.45) is 0 Å². The van der Waals surface area contributed by atoms with Crippen molar-refractivity contribution in [2.75, 3.05) is 0 Å². The number of benzene rings is 6. The number of rotatable bonds is 2. The van der Waals surface area contributed by atoms with Crippen molar-refractivity contribution in [2.45, 2.75) is 13.2 Å². The maximum Gasteiger partial charge on any atom is 0.0991 e. The van der Waals surface area contributed by atoms with Crippen molar-refractivity contribution in [3.63, 3.8) is 0 Å². The lowest BCUT2D eigenvalue weighted by atomic mass is 9.95. The molecule has 6 aromatic carbocycles. The first kappa shape index (κ1) is 28.1. The van der Waals surface area contributed by atoms with Crippen LogP contribution in [0.15, 0.2) is 109 Å². The summed E-state index contributed by atoms with van der Waals surface area (Å²) in [6, 6.07) is 44.6. The Balaban J connectivity index is 1.28. The maximum atomic E-state index is 9.65. The molecule has 0 radical (unpaired) electrons. The molecule has 1 aliphatic heterocycles. The van der Waals surface area contributed by atoms with E-state index in [1.165, 1.54) is 0 Å². The van der Waals surface area contributed by atoms with E-state index in [-0.39, 0.29) is 0 Å². The second kappa shape index (κ2) is 10.7. The minimum Gasteiger partial charge on any atom is -0.372 e. The van der Waals surface area contributed by atoms with Gasteiger partial charge in [-0.05, 0) is 119 Å². The average molecular weight is 627 g/mol. The summed E-state index contributed by atoms with van der Waals surface area (Å²) in [6.45, 7) is 0.931. The molecular formula is C42H22N6O. The van der Waals surface area contributed by atoms with Crippen LogP contribution in [0.1, 0.15) is 33.4 Å². The van der Waals surface area contributed by atoms with Crippen LogP contribution in [0.5, 0.6) is 0 Å². The van der Waals surface area contributed by atoms with Crippen molar-refractivity contribution in [1.82, 2.24) is 9.13 Å². The second-order valence-electron chi connectivity index (χ2n) is 12.2. The number of ether oxygens (including phenoxy) is 1. The van der Waals surface area contributed by atoms with E-state index in [1.807, 2.05) is 72.8 Å². The van der Waals surface area contributed by atoms with E-state index in [9.17, 15) is 21.0 Å². The highest BCUT2D eigenvalue weighted by molar-refractivity contribution is 6.11. The summed E-state index contributed by atoms with van der Waals surface area (Å²) in [5, 5.41) is 42.3. The lowest BCUT2D eigenvalue weighted by molar-refractivity contribution is 0.110. The Morgan fingerprint density at radius 2 is 0.735 bits per heavy atom. The fourth-order valence-corrected chi connectivity index (χ4v) is 7.31. The lowest BCUT2D eigenvalue weighted by Gasteiger charge is -2.16. The normalized spacial score (nSPS) is 12.2. The van der Waals surface area contributed by atoms with E-state index in [0.717, 1.165) is 77.2 Å². The first-order valence-corrected chi connectivity index (χ1v) is 15.7. The van der Waals surface area contributed by atoms with Crippen LogP contribution in [0.2, 0.25) is 0 Å². The molecule has 49 heavy (non-hydrogen) atoms. The van der Waals surface area contributed by atoms with Crippen LogP contribution in [0, 0.1) is 45.3 Å². The molecule has 0 bridgehead atoms. The molecule has 0 N–H and O–H groups in total. The van der Waals surface area contributed by atoms with Gasteiger partial charge in [0, 0.05) is 32.9 Å². The van der Waals surface area contributed by atoms with E-state index >= 15 is 0 Å². The summed E-state index contributed by atoms with van der Waals surface area (Å²) in [4.78, 5) is 0. The lowest BCUT2D eigenvalue weighted by Crippen LogP contribution is -1.99. The fraction of sp³-hybridized carbons (Fsp3) is 0.0476. The zero-order valence-corrected chi connectivity index (χ0v) is 25.9. The van der Waals surface area contributed by atoms with Gasteiger partial charge in [0.25, 0.3) is 0 Å². The van der Waals surface area contributed by atoms with Gasteiger partial charge in [0.15, 0.2) is 0 Å². The number of aromatic nitrogens is 2. The minimum absolute atomic E-state index is 0.465. The van der Waals surface area contributed by atoms with Gasteiger partial charge in [-0.3, -0.25) is 0 Å². The molecule has 1 aliphatic rings. The van der Waals surface area contributed by atoms with Crippen molar-refractivity contribution in [1.29, 1.82) is 21.0 Å². The van der Waals surface area contributed by atoms with Crippen LogP contribution in [-0.2, 0) is 18.0 Å². The van der Waals surface area contributed by atoms with Crippen molar-refractivity contribution in [3.05, 3.63) is 143 Å². The van der Waals surface area contributed by atoms with E-state index in [2.05, 4.69) is 69.8 Å². The Hall–Kier alpha value is -7.16. The van der Waals surface area contributed by atoms with Gasteiger partial charge in [-0.2, -0.15) is 21.0 Å². The summed E-state index contributed by atoms with van der Waals surface area (Å²) < 4.78 is 10.5. The predicted molar refractivity (Wildman–Crippen MR) is 188 cm³/mol. The SMILES string of the molecule is N#Cc1ccc2c(c1)c1cc(C#N)ccc1n2-c1ccc2c(c1)-c1cc(-n3c4ccc(C#N)cc4c4cc(C#N)ccc43)ccc1COC2. The summed E-state index contributed by atoms with van der Waals surface area (Å²) in [7, 11) is 0. The molecule has 0 spiro atoms. The summed E-state index contributed by atoms with van der Waals surface area (Å²) in [5.74, 6) is 0. The molecule has 8 aromatic rings. The molecule has 0 saturated carbocycles. The van der Waals surface area contributed by atoms with Gasteiger partial charge in [0.2, 0.25) is 0 Å². The number of hydrogen-bond acceptors (Lipinski definition) is 5. The molecule has 2 aromatic heterocycles. The molecule has 226 valence electrons. The van der Waals surface area contributed by atoms with E-state index in [4.69, 9.17) is 4.74 Å². The third kappa shape index (κ3) is 4.22. The standard InChI is InChI=1S/C42H22N6O/c43-19-25-1-9-39-35(13-25)36-14-26(20-44)2-10-40(36)47(39)31-7-5-29-23-49-24-30-6-8-32(18-34(30)33(29)17-31)48-41-11-3-27(21-45)15-37(41)38-16-28(22-46)4-12-42(38)48/h1-18H,23-24H2. The first-order valence-electron chi connectivity index (χ1n) is 15.7. The Kier molecular flexibility index (Phi) is 6.13. The van der Waals surface area contributed by atoms with Gasteiger partial charge in [-0.25, -0.2) is 0 Å². The third-order valence-electron chi connectivity index (χ3n) is 9.56. The van der Waals surface area contributed by atoms with Gasteiger partial charge in [0.05, 0.1) is 81.8 Å². The van der Waals surface area contributed by atoms with Crippen LogP contribution < -0.4 is 0 Å². The fourth-order valence-electron chi connectivity index (χ4n) is 7.31. The van der Waals surface area contributed by atoms with Gasteiger partial charge in [-0.15, -0.1) is 0 Å². The highest BCUT2D eigenvalue weighted by Crippen LogP contribution is 2.40. The summed E-state index contributed by atoms with van der Waals surface area (Å²) in [6.07, 6.45) is 0. The van der Waals surface area contributed by atoms with Gasteiger partial charge >= 0.3 is 0 Å². The van der Waals surface area contributed by atoms with E-state index in [1.54, 1.807) is 0 Å². The van der Waals surface area contributed by atoms with Crippen LogP contribution in [0.4, 0.5) is 0 Å². The van der Waals surface area contributed by atoms with Crippen molar-refractivity contribution in [3.8, 4) is 46.8 Å². The molecule has 3 heterocycles. The smallest absolute Gasteiger partial charge is 0.0991 e. The monoisotopic (exact) mass is 626 g/mol. The highest BCUT2D eigenvalue weighted by Gasteiger charge is 2.21. The minimum atomic E-state index is 0.465. The number of hydrogen-bond donors (Lipinski definition) is 0.